The number of pyridine rings is 1. The van der Waals surface area contributed by atoms with Crippen molar-refractivity contribution in [1.82, 2.24) is 9.55 Å². The van der Waals surface area contributed by atoms with Crippen molar-refractivity contribution in [1.29, 1.82) is 0 Å². The van der Waals surface area contributed by atoms with Gasteiger partial charge in [0.2, 0.25) is 0 Å². The number of hydrogen-bond donors (Lipinski definition) is 2. The van der Waals surface area contributed by atoms with Gasteiger partial charge in [0, 0.05) is 16.0 Å². The van der Waals surface area contributed by atoms with Crippen molar-refractivity contribution in [2.75, 3.05) is 12.4 Å². The molecule has 3 rings (SSSR count). The molecular formula is C16H14ClFIN3O3. The summed E-state index contributed by atoms with van der Waals surface area (Å²) in [5, 5.41) is 12.9. The minimum absolute atomic E-state index is 0. The maximum absolute atomic E-state index is 14.1. The van der Waals surface area contributed by atoms with E-state index in [9.17, 15) is 14.3 Å². The summed E-state index contributed by atoms with van der Waals surface area (Å²) in [6, 6.07) is 6.26. The summed E-state index contributed by atoms with van der Waals surface area (Å²) in [4.78, 5) is 16.0. The van der Waals surface area contributed by atoms with Gasteiger partial charge in [-0.05, 0) is 46.9 Å². The van der Waals surface area contributed by atoms with Gasteiger partial charge in [-0.15, -0.1) is 12.4 Å². The number of hydrogen-bond acceptors (Lipinski definition) is 4. The zero-order chi connectivity index (χ0) is 17.4. The smallest absolute Gasteiger partial charge is 0.340 e. The molecule has 0 radical (unpaired) electrons. The van der Waals surface area contributed by atoms with Gasteiger partial charge < -0.3 is 19.7 Å². The van der Waals surface area contributed by atoms with Crippen molar-refractivity contribution in [2.45, 2.75) is 0 Å². The first kappa shape index (κ1) is 19.3. The Morgan fingerprint density at radius 2 is 2.12 bits per heavy atom. The summed E-state index contributed by atoms with van der Waals surface area (Å²) in [5.74, 6) is -0.904. The average Bonchev–Trinajstić information content (AvgIpc) is 2.82. The van der Waals surface area contributed by atoms with E-state index in [2.05, 4.69) is 10.3 Å². The largest absolute Gasteiger partial charge is 0.495 e. The molecule has 2 N–H and O–H groups in total. The van der Waals surface area contributed by atoms with Crippen LogP contribution in [0.4, 0.5) is 15.9 Å². The third kappa shape index (κ3) is 3.49. The number of nitrogens with zero attached hydrogens (tertiary/aromatic N) is 2. The number of rotatable bonds is 4. The predicted octanol–water partition coefficient (Wildman–Crippen LogP) is 4.19. The van der Waals surface area contributed by atoms with Crippen LogP contribution in [0.25, 0.3) is 11.0 Å². The molecular weight excluding hydrogens is 464 g/mol. The molecule has 0 aliphatic rings. The van der Waals surface area contributed by atoms with Gasteiger partial charge in [0.25, 0.3) is 0 Å². The second kappa shape index (κ2) is 7.44. The van der Waals surface area contributed by atoms with Gasteiger partial charge in [0.15, 0.2) is 0 Å². The number of nitrogens with one attached hydrogen (secondary N) is 1. The highest BCUT2D eigenvalue weighted by Crippen LogP contribution is 2.33. The number of benzene rings is 1. The molecule has 3 aromatic rings. The van der Waals surface area contributed by atoms with Crippen molar-refractivity contribution in [3.63, 3.8) is 0 Å². The number of carboxylic acid groups (broad SMARTS) is 1. The van der Waals surface area contributed by atoms with Crippen LogP contribution in [0.1, 0.15) is 10.4 Å². The molecule has 1 aromatic carbocycles. The molecule has 0 fully saturated rings. The van der Waals surface area contributed by atoms with Crippen LogP contribution < -0.4 is 10.1 Å². The Labute approximate surface area is 162 Å². The van der Waals surface area contributed by atoms with E-state index in [-0.39, 0.29) is 29.5 Å². The second-order valence-electron chi connectivity index (χ2n) is 5.08. The molecule has 132 valence electrons. The Morgan fingerprint density at radius 3 is 2.72 bits per heavy atom. The van der Waals surface area contributed by atoms with E-state index < -0.39 is 11.8 Å². The molecule has 0 bridgehead atoms. The van der Waals surface area contributed by atoms with Gasteiger partial charge in [0.1, 0.15) is 28.6 Å². The fraction of sp³-hybridized carbons (Fsp3) is 0.125. The lowest BCUT2D eigenvalue weighted by Gasteiger charge is -2.10. The first-order valence-corrected chi connectivity index (χ1v) is 7.98. The lowest BCUT2D eigenvalue weighted by molar-refractivity contribution is 0.0700. The summed E-state index contributed by atoms with van der Waals surface area (Å²) >= 11 is 2.01. The van der Waals surface area contributed by atoms with Crippen molar-refractivity contribution in [3.05, 3.63) is 45.4 Å². The number of halogens is 3. The molecule has 2 heterocycles. The molecule has 0 aliphatic carbocycles. The summed E-state index contributed by atoms with van der Waals surface area (Å²) in [6.45, 7) is 0. The number of aromatic nitrogens is 2. The number of aryl methyl sites for hydroxylation is 1. The number of methoxy groups -OCH3 is 1. The normalized spacial score (nSPS) is 10.4. The maximum atomic E-state index is 14.1. The van der Waals surface area contributed by atoms with E-state index in [0.29, 0.717) is 16.8 Å². The highest BCUT2D eigenvalue weighted by molar-refractivity contribution is 14.1. The molecule has 9 heteroatoms. The molecule has 0 spiro atoms. The van der Waals surface area contributed by atoms with E-state index in [1.54, 1.807) is 29.8 Å². The summed E-state index contributed by atoms with van der Waals surface area (Å²) in [7, 11) is 3.15. The average molecular weight is 478 g/mol. The molecule has 0 atom stereocenters. The molecule has 0 saturated carbocycles. The Morgan fingerprint density at radius 1 is 1.40 bits per heavy atom. The monoisotopic (exact) mass is 477 g/mol. The van der Waals surface area contributed by atoms with Gasteiger partial charge in [-0.1, -0.05) is 0 Å². The van der Waals surface area contributed by atoms with Crippen molar-refractivity contribution >= 4 is 63.5 Å². The van der Waals surface area contributed by atoms with Crippen LogP contribution in [0.2, 0.25) is 0 Å². The van der Waals surface area contributed by atoms with Gasteiger partial charge in [-0.25, -0.2) is 14.2 Å². The maximum Gasteiger partial charge on any atom is 0.340 e. The Hall–Kier alpha value is -2.07. The van der Waals surface area contributed by atoms with Gasteiger partial charge in [-0.3, -0.25) is 0 Å². The van der Waals surface area contributed by atoms with Crippen LogP contribution in [0.3, 0.4) is 0 Å². The molecule has 0 aliphatic heterocycles. The van der Waals surface area contributed by atoms with Crippen LogP contribution in [0.5, 0.6) is 5.75 Å². The number of aromatic carboxylic acids is 1. The number of fused-ring (bicyclic) bond motifs is 1. The summed E-state index contributed by atoms with van der Waals surface area (Å²) < 4.78 is 21.6. The third-order valence-corrected chi connectivity index (χ3v) is 4.31. The minimum Gasteiger partial charge on any atom is -0.495 e. The first-order chi connectivity index (χ1) is 11.4. The Kier molecular flexibility index (Phi) is 5.73. The molecule has 6 nitrogen and oxygen atoms in total. The molecule has 25 heavy (non-hydrogen) atoms. The first-order valence-electron chi connectivity index (χ1n) is 6.90. The van der Waals surface area contributed by atoms with Crippen LogP contribution in [0.15, 0.2) is 30.5 Å². The van der Waals surface area contributed by atoms with Gasteiger partial charge >= 0.3 is 5.97 Å². The minimum atomic E-state index is -1.14. The van der Waals surface area contributed by atoms with Crippen LogP contribution >= 0.6 is 35.0 Å². The van der Waals surface area contributed by atoms with E-state index in [1.165, 1.54) is 19.4 Å². The number of ether oxygens (including phenoxy) is 1. The van der Waals surface area contributed by atoms with E-state index >= 15 is 0 Å². The zero-order valence-electron chi connectivity index (χ0n) is 13.2. The number of carbonyl (C=O) groups is 1. The third-order valence-electron chi connectivity index (χ3n) is 3.63. The lowest BCUT2D eigenvalue weighted by Crippen LogP contribution is -2.05. The molecule has 2 aromatic heterocycles. The fourth-order valence-electron chi connectivity index (χ4n) is 2.48. The quantitative estimate of drug-likeness (QED) is 0.551. The topological polar surface area (TPSA) is 76.4 Å². The molecule has 0 amide bonds. The van der Waals surface area contributed by atoms with Gasteiger partial charge in [-0.2, -0.15) is 0 Å². The number of anilines is 2. The Balaban J connectivity index is 0.00000225. The highest BCUT2D eigenvalue weighted by Gasteiger charge is 2.23. The van der Waals surface area contributed by atoms with Crippen molar-refractivity contribution in [2.24, 2.45) is 7.05 Å². The summed E-state index contributed by atoms with van der Waals surface area (Å²) in [6.07, 6.45) is 1.50. The van der Waals surface area contributed by atoms with Crippen molar-refractivity contribution < 1.29 is 19.0 Å². The zero-order valence-corrected chi connectivity index (χ0v) is 16.2. The molecule has 0 unspecified atom stereocenters. The predicted molar refractivity (Wildman–Crippen MR) is 104 cm³/mol. The van der Waals surface area contributed by atoms with Crippen LogP contribution in [-0.4, -0.2) is 27.7 Å². The molecule has 0 saturated heterocycles. The van der Waals surface area contributed by atoms with Crippen LogP contribution in [0, 0.1) is 9.39 Å². The lowest BCUT2D eigenvalue weighted by atomic mass is 10.2. The highest BCUT2D eigenvalue weighted by atomic mass is 127. The fourth-order valence-corrected chi connectivity index (χ4v) is 2.94. The SMILES string of the molecule is COc1cnc2c(c1)c(C(=O)O)c(Nc1ccc(I)cc1F)n2C.Cl. The van der Waals surface area contributed by atoms with E-state index in [1.807, 2.05) is 22.6 Å². The standard InChI is InChI=1S/C16H13FIN3O3.ClH/c1-21-14-10(6-9(24-2)7-19-14)13(16(22)23)15(21)20-12-4-3-8(18)5-11(12)17;/h3-7,20H,1-2H3,(H,22,23);1H. The van der Waals surface area contributed by atoms with Crippen molar-refractivity contribution in [3.8, 4) is 5.75 Å². The van der Waals surface area contributed by atoms with Gasteiger partial charge in [0.05, 0.1) is 19.0 Å². The summed E-state index contributed by atoms with van der Waals surface area (Å²) in [5.41, 5.74) is 0.661. The Bertz CT molecular complexity index is 961. The van der Waals surface area contributed by atoms with E-state index in [4.69, 9.17) is 4.74 Å². The van der Waals surface area contributed by atoms with E-state index in [0.717, 1.165) is 3.57 Å². The second-order valence-corrected chi connectivity index (χ2v) is 6.33. The van der Waals surface area contributed by atoms with Crippen LogP contribution in [-0.2, 0) is 7.05 Å². The number of carboxylic acids is 1.